The van der Waals surface area contributed by atoms with Crippen LogP contribution in [0.5, 0.6) is 5.75 Å². The van der Waals surface area contributed by atoms with Crippen molar-refractivity contribution >= 4 is 5.97 Å². The molecule has 0 saturated heterocycles. The standard InChI is InChI=1S/C21H27NO2/c1-2-6-17-10-14-20(15-11-17)24-21(23)19-12-8-18(9-13-19)7-4-3-5-16-22/h3,5,10-11,14-15,18-19H,2,4,6-9,12-13H2,1H3/t18-,19-. The van der Waals surface area contributed by atoms with Gasteiger partial charge in [0.05, 0.1) is 12.0 Å². The lowest BCUT2D eigenvalue weighted by Gasteiger charge is -2.26. The van der Waals surface area contributed by atoms with Gasteiger partial charge in [-0.05, 0) is 68.6 Å². The van der Waals surface area contributed by atoms with Gasteiger partial charge in [0.15, 0.2) is 0 Å². The van der Waals surface area contributed by atoms with Crippen molar-refractivity contribution < 1.29 is 9.53 Å². The molecule has 0 bridgehead atoms. The van der Waals surface area contributed by atoms with Gasteiger partial charge in [0, 0.05) is 6.08 Å². The molecule has 0 unspecified atom stereocenters. The molecule has 1 aliphatic rings. The van der Waals surface area contributed by atoms with E-state index in [-0.39, 0.29) is 11.9 Å². The molecule has 3 heteroatoms. The molecule has 0 radical (unpaired) electrons. The molecule has 0 N–H and O–H groups in total. The summed E-state index contributed by atoms with van der Waals surface area (Å²) < 4.78 is 5.55. The Hall–Kier alpha value is -2.08. The molecule has 1 fully saturated rings. The van der Waals surface area contributed by atoms with Gasteiger partial charge >= 0.3 is 5.97 Å². The number of benzene rings is 1. The number of hydrogen-bond acceptors (Lipinski definition) is 3. The average Bonchev–Trinajstić information content (AvgIpc) is 2.61. The quantitative estimate of drug-likeness (QED) is 0.393. The van der Waals surface area contributed by atoms with E-state index in [1.54, 1.807) is 6.08 Å². The summed E-state index contributed by atoms with van der Waals surface area (Å²) in [5.74, 6) is 1.28. The van der Waals surface area contributed by atoms with E-state index in [4.69, 9.17) is 10.00 Å². The minimum absolute atomic E-state index is 0.0335. The zero-order chi connectivity index (χ0) is 17.2. The Labute approximate surface area is 145 Å². The maximum Gasteiger partial charge on any atom is 0.314 e. The fourth-order valence-electron chi connectivity index (χ4n) is 3.37. The number of hydrogen-bond donors (Lipinski definition) is 0. The first kappa shape index (κ1) is 18.3. The molecule has 1 aromatic rings. The summed E-state index contributed by atoms with van der Waals surface area (Å²) >= 11 is 0. The van der Waals surface area contributed by atoms with Gasteiger partial charge < -0.3 is 4.74 Å². The second-order valence-electron chi connectivity index (χ2n) is 6.64. The van der Waals surface area contributed by atoms with Gasteiger partial charge in [0.25, 0.3) is 0 Å². The number of ether oxygens (including phenoxy) is 1. The first-order valence-corrected chi connectivity index (χ1v) is 9.08. The molecule has 1 saturated carbocycles. The Morgan fingerprint density at radius 3 is 2.58 bits per heavy atom. The molecule has 0 heterocycles. The molecule has 1 aliphatic carbocycles. The summed E-state index contributed by atoms with van der Waals surface area (Å²) in [6.45, 7) is 2.16. The molecular weight excluding hydrogens is 298 g/mol. The molecule has 0 atom stereocenters. The third-order valence-electron chi connectivity index (χ3n) is 4.79. The van der Waals surface area contributed by atoms with Crippen LogP contribution in [0, 0.1) is 23.2 Å². The monoisotopic (exact) mass is 325 g/mol. The van der Waals surface area contributed by atoms with Crippen LogP contribution in [0.2, 0.25) is 0 Å². The van der Waals surface area contributed by atoms with Crippen molar-refractivity contribution in [1.82, 2.24) is 0 Å². The Morgan fingerprint density at radius 1 is 1.25 bits per heavy atom. The van der Waals surface area contributed by atoms with E-state index in [9.17, 15) is 4.79 Å². The van der Waals surface area contributed by atoms with E-state index in [2.05, 4.69) is 6.92 Å². The lowest BCUT2D eigenvalue weighted by molar-refractivity contribution is -0.140. The maximum atomic E-state index is 12.3. The fourth-order valence-corrected chi connectivity index (χ4v) is 3.37. The molecule has 0 aliphatic heterocycles. The summed E-state index contributed by atoms with van der Waals surface area (Å²) in [5.41, 5.74) is 1.28. The van der Waals surface area contributed by atoms with Gasteiger partial charge in [-0.3, -0.25) is 4.79 Å². The molecule has 128 valence electrons. The van der Waals surface area contributed by atoms with E-state index in [0.29, 0.717) is 11.7 Å². The van der Waals surface area contributed by atoms with E-state index in [0.717, 1.165) is 51.4 Å². The molecule has 3 nitrogen and oxygen atoms in total. The Morgan fingerprint density at radius 2 is 1.96 bits per heavy atom. The highest BCUT2D eigenvalue weighted by Gasteiger charge is 2.27. The minimum atomic E-state index is -0.0823. The van der Waals surface area contributed by atoms with Crippen molar-refractivity contribution in [2.24, 2.45) is 11.8 Å². The number of rotatable bonds is 7. The number of carbonyl (C=O) groups excluding carboxylic acids is 1. The van der Waals surface area contributed by atoms with E-state index >= 15 is 0 Å². The second-order valence-corrected chi connectivity index (χ2v) is 6.64. The Kier molecular flexibility index (Phi) is 7.55. The van der Waals surface area contributed by atoms with Gasteiger partial charge in [0.2, 0.25) is 0 Å². The van der Waals surface area contributed by atoms with Crippen LogP contribution >= 0.6 is 0 Å². The third-order valence-corrected chi connectivity index (χ3v) is 4.79. The molecule has 2 rings (SSSR count). The number of esters is 1. The van der Waals surface area contributed by atoms with Crippen LogP contribution in [0.15, 0.2) is 36.4 Å². The predicted molar refractivity (Wildman–Crippen MR) is 95.5 cm³/mol. The van der Waals surface area contributed by atoms with E-state index < -0.39 is 0 Å². The van der Waals surface area contributed by atoms with Crippen molar-refractivity contribution in [3.63, 3.8) is 0 Å². The number of carbonyl (C=O) groups is 1. The Bertz CT molecular complexity index is 575. The molecule has 0 aromatic heterocycles. The zero-order valence-electron chi connectivity index (χ0n) is 14.5. The maximum absolute atomic E-state index is 12.3. The predicted octanol–water partition coefficient (Wildman–Crippen LogP) is 5.21. The van der Waals surface area contributed by atoms with Crippen molar-refractivity contribution in [2.75, 3.05) is 0 Å². The molecule has 1 aromatic carbocycles. The fraction of sp³-hybridized carbons (Fsp3) is 0.524. The second kappa shape index (κ2) is 9.93. The first-order valence-electron chi connectivity index (χ1n) is 9.08. The first-order chi connectivity index (χ1) is 11.7. The lowest BCUT2D eigenvalue weighted by Crippen LogP contribution is -2.25. The van der Waals surface area contributed by atoms with Gasteiger partial charge in [-0.1, -0.05) is 31.6 Å². The summed E-state index contributed by atoms with van der Waals surface area (Å²) in [6.07, 6.45) is 11.7. The van der Waals surface area contributed by atoms with Crippen LogP contribution < -0.4 is 4.74 Å². The van der Waals surface area contributed by atoms with Gasteiger partial charge in [-0.25, -0.2) is 0 Å². The summed E-state index contributed by atoms with van der Waals surface area (Å²) in [4.78, 5) is 12.3. The zero-order valence-corrected chi connectivity index (χ0v) is 14.5. The van der Waals surface area contributed by atoms with Gasteiger partial charge in [-0.2, -0.15) is 5.26 Å². The highest BCUT2D eigenvalue weighted by Crippen LogP contribution is 2.32. The number of nitrogens with zero attached hydrogens (tertiary/aromatic N) is 1. The smallest absolute Gasteiger partial charge is 0.314 e. The molecular formula is C21H27NO2. The van der Waals surface area contributed by atoms with Gasteiger partial charge in [-0.15, -0.1) is 0 Å². The van der Waals surface area contributed by atoms with Crippen LogP contribution in [0.1, 0.15) is 57.4 Å². The molecule has 0 amide bonds. The SMILES string of the molecule is CCCc1ccc(OC(=O)[C@H]2CC[C@H](CCC=CC#N)CC2)cc1. The van der Waals surface area contributed by atoms with Crippen LogP contribution in [0.3, 0.4) is 0 Å². The van der Waals surface area contributed by atoms with Crippen molar-refractivity contribution in [3.8, 4) is 11.8 Å². The normalized spacial score (nSPS) is 20.7. The van der Waals surface area contributed by atoms with Crippen LogP contribution in [-0.4, -0.2) is 5.97 Å². The summed E-state index contributed by atoms with van der Waals surface area (Å²) in [7, 11) is 0. The highest BCUT2D eigenvalue weighted by molar-refractivity contribution is 5.75. The molecule has 24 heavy (non-hydrogen) atoms. The average molecular weight is 325 g/mol. The number of aryl methyl sites for hydroxylation is 1. The van der Waals surface area contributed by atoms with Crippen molar-refractivity contribution in [1.29, 1.82) is 5.26 Å². The van der Waals surface area contributed by atoms with Crippen molar-refractivity contribution in [3.05, 3.63) is 42.0 Å². The largest absolute Gasteiger partial charge is 0.426 e. The van der Waals surface area contributed by atoms with Crippen LogP contribution in [-0.2, 0) is 11.2 Å². The summed E-state index contributed by atoms with van der Waals surface area (Å²) in [6, 6.07) is 9.90. The lowest BCUT2D eigenvalue weighted by atomic mass is 9.80. The highest BCUT2D eigenvalue weighted by atomic mass is 16.5. The van der Waals surface area contributed by atoms with Crippen LogP contribution in [0.4, 0.5) is 0 Å². The Balaban J connectivity index is 1.74. The number of allylic oxidation sites excluding steroid dienone is 2. The minimum Gasteiger partial charge on any atom is -0.426 e. The van der Waals surface area contributed by atoms with Gasteiger partial charge in [0.1, 0.15) is 5.75 Å². The molecule has 0 spiro atoms. The topological polar surface area (TPSA) is 50.1 Å². The van der Waals surface area contributed by atoms with E-state index in [1.807, 2.05) is 36.4 Å². The third kappa shape index (κ3) is 5.85. The van der Waals surface area contributed by atoms with Crippen LogP contribution in [0.25, 0.3) is 0 Å². The number of nitriles is 1. The van der Waals surface area contributed by atoms with Crippen molar-refractivity contribution in [2.45, 2.75) is 58.3 Å². The summed E-state index contributed by atoms with van der Waals surface area (Å²) in [5, 5.41) is 8.47. The van der Waals surface area contributed by atoms with E-state index in [1.165, 1.54) is 5.56 Å².